The zero-order valence-corrected chi connectivity index (χ0v) is 14.5. The van der Waals surface area contributed by atoms with Crippen LogP contribution in [0, 0.1) is 12.8 Å². The molecule has 2 N–H and O–H groups in total. The average Bonchev–Trinajstić information content (AvgIpc) is 2.55. The van der Waals surface area contributed by atoms with E-state index < -0.39 is 12.0 Å². The van der Waals surface area contributed by atoms with Gasteiger partial charge in [0.05, 0.1) is 0 Å². The van der Waals surface area contributed by atoms with Crippen molar-refractivity contribution >= 4 is 5.97 Å². The second kappa shape index (κ2) is 8.50. The van der Waals surface area contributed by atoms with Gasteiger partial charge in [-0.25, -0.2) is 0 Å². The molecule has 128 valence electrons. The first-order valence-corrected chi connectivity index (χ1v) is 8.20. The second-order valence-electron chi connectivity index (χ2n) is 6.32. The van der Waals surface area contributed by atoms with Crippen molar-refractivity contribution in [3.63, 3.8) is 0 Å². The molecule has 2 rings (SSSR count). The number of benzene rings is 2. The number of hydrogen-bond donors (Lipinski definition) is 2. The number of rotatable bonds is 8. The van der Waals surface area contributed by atoms with Crippen LogP contribution in [0.15, 0.2) is 48.5 Å². The third-order valence-corrected chi connectivity index (χ3v) is 3.93. The molecule has 0 bridgehead atoms. The fourth-order valence-corrected chi connectivity index (χ4v) is 2.46. The quantitative estimate of drug-likeness (QED) is 0.775. The molecule has 24 heavy (non-hydrogen) atoms. The van der Waals surface area contributed by atoms with Crippen molar-refractivity contribution in [2.75, 3.05) is 0 Å². The summed E-state index contributed by atoms with van der Waals surface area (Å²) in [6.45, 7) is 6.79. The normalized spacial score (nSPS) is 12.2. The Kier molecular flexibility index (Phi) is 6.38. The van der Waals surface area contributed by atoms with Crippen LogP contribution >= 0.6 is 0 Å². The molecule has 0 heterocycles. The van der Waals surface area contributed by atoms with Gasteiger partial charge in [0, 0.05) is 12.1 Å². The van der Waals surface area contributed by atoms with Crippen LogP contribution in [0.25, 0.3) is 0 Å². The Bertz CT molecular complexity index is 665. The highest BCUT2D eigenvalue weighted by molar-refractivity contribution is 5.73. The van der Waals surface area contributed by atoms with E-state index in [1.165, 1.54) is 5.56 Å². The lowest BCUT2D eigenvalue weighted by atomic mass is 10.0. The van der Waals surface area contributed by atoms with Crippen molar-refractivity contribution in [1.82, 2.24) is 5.32 Å². The minimum absolute atomic E-state index is 0.0168. The van der Waals surface area contributed by atoms with E-state index >= 15 is 0 Å². The van der Waals surface area contributed by atoms with Gasteiger partial charge in [0.15, 0.2) is 0 Å². The standard InChI is InChI=1S/C20H25NO3/c1-14(2)19(20(22)23)21-12-17-6-4-5-7-18(17)24-13-16-10-8-15(3)9-11-16/h4-11,14,19,21H,12-13H2,1-3H3,(H,22,23). The van der Waals surface area contributed by atoms with Gasteiger partial charge in [-0.1, -0.05) is 61.9 Å². The summed E-state index contributed by atoms with van der Waals surface area (Å²) in [5, 5.41) is 12.4. The molecule has 0 aliphatic heterocycles. The highest BCUT2D eigenvalue weighted by atomic mass is 16.5. The molecule has 4 heteroatoms. The van der Waals surface area contributed by atoms with Crippen molar-refractivity contribution in [2.45, 2.75) is 40.0 Å². The highest BCUT2D eigenvalue weighted by Gasteiger charge is 2.20. The van der Waals surface area contributed by atoms with Crippen LogP contribution in [0.5, 0.6) is 5.75 Å². The largest absolute Gasteiger partial charge is 0.489 e. The van der Waals surface area contributed by atoms with Crippen LogP contribution in [-0.2, 0) is 17.9 Å². The lowest BCUT2D eigenvalue weighted by Gasteiger charge is -2.19. The average molecular weight is 327 g/mol. The Morgan fingerprint density at radius 2 is 1.79 bits per heavy atom. The molecule has 0 spiro atoms. The third-order valence-electron chi connectivity index (χ3n) is 3.93. The van der Waals surface area contributed by atoms with Gasteiger partial charge in [0.2, 0.25) is 0 Å². The number of para-hydroxylation sites is 1. The lowest BCUT2D eigenvalue weighted by molar-refractivity contribution is -0.140. The molecule has 0 saturated carbocycles. The van der Waals surface area contributed by atoms with E-state index in [2.05, 4.69) is 36.5 Å². The van der Waals surface area contributed by atoms with Crippen molar-refractivity contribution in [3.05, 3.63) is 65.2 Å². The van der Waals surface area contributed by atoms with E-state index in [0.717, 1.165) is 16.9 Å². The SMILES string of the molecule is Cc1ccc(COc2ccccc2CNC(C(=O)O)C(C)C)cc1. The molecule has 0 aliphatic carbocycles. The topological polar surface area (TPSA) is 58.6 Å². The van der Waals surface area contributed by atoms with Gasteiger partial charge in [-0.3, -0.25) is 10.1 Å². The second-order valence-corrected chi connectivity index (χ2v) is 6.32. The zero-order chi connectivity index (χ0) is 17.5. The fourth-order valence-electron chi connectivity index (χ4n) is 2.46. The maximum Gasteiger partial charge on any atom is 0.320 e. The molecule has 4 nitrogen and oxygen atoms in total. The number of hydrogen-bond acceptors (Lipinski definition) is 3. The van der Waals surface area contributed by atoms with Crippen LogP contribution in [0.3, 0.4) is 0 Å². The lowest BCUT2D eigenvalue weighted by Crippen LogP contribution is -2.40. The van der Waals surface area contributed by atoms with E-state index in [-0.39, 0.29) is 5.92 Å². The minimum Gasteiger partial charge on any atom is -0.489 e. The summed E-state index contributed by atoms with van der Waals surface area (Å²) in [4.78, 5) is 11.3. The van der Waals surface area contributed by atoms with E-state index in [9.17, 15) is 9.90 Å². The molecule has 2 aromatic rings. The van der Waals surface area contributed by atoms with E-state index in [1.807, 2.05) is 38.1 Å². The van der Waals surface area contributed by atoms with Crippen molar-refractivity contribution in [1.29, 1.82) is 0 Å². The highest BCUT2D eigenvalue weighted by Crippen LogP contribution is 2.20. The van der Waals surface area contributed by atoms with Gasteiger partial charge in [0.25, 0.3) is 0 Å². The molecule has 0 radical (unpaired) electrons. The van der Waals surface area contributed by atoms with Crippen molar-refractivity contribution in [3.8, 4) is 5.75 Å². The number of aliphatic carboxylic acids is 1. The van der Waals surface area contributed by atoms with Gasteiger partial charge in [-0.2, -0.15) is 0 Å². The maximum atomic E-state index is 11.3. The van der Waals surface area contributed by atoms with Gasteiger partial charge >= 0.3 is 5.97 Å². The van der Waals surface area contributed by atoms with E-state index in [0.29, 0.717) is 13.2 Å². The first kappa shape index (κ1) is 18.0. The summed E-state index contributed by atoms with van der Waals surface area (Å²) in [5.41, 5.74) is 3.28. The predicted octanol–water partition coefficient (Wildman–Crippen LogP) is 3.77. The Balaban J connectivity index is 2.01. The maximum absolute atomic E-state index is 11.3. The van der Waals surface area contributed by atoms with E-state index in [1.54, 1.807) is 0 Å². The summed E-state index contributed by atoms with van der Waals surface area (Å²) < 4.78 is 5.93. The Morgan fingerprint density at radius 1 is 1.12 bits per heavy atom. The molecule has 0 fully saturated rings. The fraction of sp³-hybridized carbons (Fsp3) is 0.350. The number of aryl methyl sites for hydroxylation is 1. The number of carboxylic acid groups (broad SMARTS) is 1. The minimum atomic E-state index is -0.831. The van der Waals surface area contributed by atoms with Crippen LogP contribution < -0.4 is 10.1 Å². The predicted molar refractivity (Wildman–Crippen MR) is 95.1 cm³/mol. The van der Waals surface area contributed by atoms with Crippen molar-refractivity contribution < 1.29 is 14.6 Å². The summed E-state index contributed by atoms with van der Waals surface area (Å²) in [5.74, 6) is -0.0373. The van der Waals surface area contributed by atoms with Crippen LogP contribution in [0.1, 0.15) is 30.5 Å². The first-order chi connectivity index (χ1) is 11.5. The molecular formula is C20H25NO3. The monoisotopic (exact) mass is 327 g/mol. The van der Waals surface area contributed by atoms with E-state index in [4.69, 9.17) is 4.74 Å². The number of ether oxygens (including phenoxy) is 1. The Morgan fingerprint density at radius 3 is 2.42 bits per heavy atom. The molecule has 0 saturated heterocycles. The zero-order valence-electron chi connectivity index (χ0n) is 14.5. The summed E-state index contributed by atoms with van der Waals surface area (Å²) in [6, 6.07) is 15.4. The molecule has 2 aromatic carbocycles. The van der Waals surface area contributed by atoms with Gasteiger partial charge in [-0.15, -0.1) is 0 Å². The van der Waals surface area contributed by atoms with Crippen LogP contribution in [0.2, 0.25) is 0 Å². The van der Waals surface area contributed by atoms with Crippen LogP contribution in [-0.4, -0.2) is 17.1 Å². The number of nitrogens with one attached hydrogen (secondary N) is 1. The Labute approximate surface area is 143 Å². The number of carboxylic acids is 1. The van der Waals surface area contributed by atoms with Gasteiger partial charge < -0.3 is 9.84 Å². The molecule has 0 aliphatic rings. The van der Waals surface area contributed by atoms with Crippen LogP contribution in [0.4, 0.5) is 0 Å². The molecular weight excluding hydrogens is 302 g/mol. The number of carbonyl (C=O) groups is 1. The molecule has 0 aromatic heterocycles. The molecule has 1 atom stereocenters. The summed E-state index contributed by atoms with van der Waals surface area (Å²) >= 11 is 0. The van der Waals surface area contributed by atoms with Gasteiger partial charge in [0.1, 0.15) is 18.4 Å². The Hall–Kier alpha value is -2.33. The molecule has 1 unspecified atom stereocenters. The first-order valence-electron chi connectivity index (χ1n) is 8.20. The smallest absolute Gasteiger partial charge is 0.320 e. The summed E-state index contributed by atoms with van der Waals surface area (Å²) in [6.07, 6.45) is 0. The molecule has 0 amide bonds. The summed E-state index contributed by atoms with van der Waals surface area (Å²) in [7, 11) is 0. The van der Waals surface area contributed by atoms with Gasteiger partial charge in [-0.05, 0) is 24.5 Å². The third kappa shape index (κ3) is 5.10. The van der Waals surface area contributed by atoms with Crippen molar-refractivity contribution in [2.24, 2.45) is 5.92 Å².